The van der Waals surface area contributed by atoms with E-state index in [4.69, 9.17) is 33.4 Å². The van der Waals surface area contributed by atoms with Crippen LogP contribution in [0.5, 0.6) is 0 Å². The lowest BCUT2D eigenvalue weighted by molar-refractivity contribution is -0.138. The van der Waals surface area contributed by atoms with Crippen molar-refractivity contribution in [3.63, 3.8) is 0 Å². The number of hydrogen-bond donors (Lipinski definition) is 3. The number of carbonyl (C=O) groups is 3. The summed E-state index contributed by atoms with van der Waals surface area (Å²) >= 11 is 11.9. The molecule has 1 aromatic carbocycles. The van der Waals surface area contributed by atoms with Crippen LogP contribution in [-0.4, -0.2) is 94.2 Å². The second kappa shape index (κ2) is 10.6. The predicted molar refractivity (Wildman–Crippen MR) is 110 cm³/mol. The highest BCUT2D eigenvalue weighted by atomic mass is 35.5. The Labute approximate surface area is 183 Å². The summed E-state index contributed by atoms with van der Waals surface area (Å²) in [6.45, 7) is -0.00513. The van der Waals surface area contributed by atoms with E-state index in [1.165, 1.54) is 21.7 Å². The molecule has 0 aliphatic carbocycles. The number of hydrogen-bond acceptors (Lipinski definition) is 6. The third kappa shape index (κ3) is 6.09. The molecule has 3 N–H and O–H groups in total. The third-order valence-corrected chi connectivity index (χ3v) is 5.33. The Hall–Kier alpha value is -2.33. The van der Waals surface area contributed by atoms with Crippen molar-refractivity contribution >= 4 is 41.0 Å². The summed E-state index contributed by atoms with van der Waals surface area (Å²) in [5.74, 6) is -2.88. The molecule has 1 aliphatic rings. The van der Waals surface area contributed by atoms with Crippen LogP contribution in [0, 0.1) is 0 Å². The van der Waals surface area contributed by atoms with Gasteiger partial charge in [0.2, 0.25) is 0 Å². The van der Waals surface area contributed by atoms with Crippen LogP contribution in [0.15, 0.2) is 29.5 Å². The van der Waals surface area contributed by atoms with Crippen LogP contribution in [0.2, 0.25) is 10.0 Å². The van der Waals surface area contributed by atoms with Gasteiger partial charge in [0, 0.05) is 33.2 Å². The number of benzene rings is 1. The number of carbonyl (C=O) groups excluding carboxylic acids is 2. The number of aliphatic hydroxyl groups is 2. The molecule has 0 saturated heterocycles. The first kappa shape index (κ1) is 23.9. The molecule has 164 valence electrons. The van der Waals surface area contributed by atoms with E-state index in [1.807, 2.05) is 0 Å². The molecule has 2 rings (SSSR count). The van der Waals surface area contributed by atoms with Gasteiger partial charge >= 0.3 is 5.97 Å². The SMILES string of the molecule is CN(Cc1ccc(Cl)c(Cl)c1)C(=O)C1=C(O)C(=O)N(CCN(CCO)CC(=O)O)C1. The molecule has 1 aliphatic heterocycles. The fourth-order valence-electron chi connectivity index (χ4n) is 3.04. The highest BCUT2D eigenvalue weighted by Crippen LogP contribution is 2.24. The summed E-state index contributed by atoms with van der Waals surface area (Å²) < 4.78 is 0. The van der Waals surface area contributed by atoms with Gasteiger partial charge in [-0.1, -0.05) is 29.3 Å². The van der Waals surface area contributed by atoms with Crippen molar-refractivity contribution in [2.24, 2.45) is 0 Å². The Bertz CT molecular complexity index is 861. The molecule has 0 fully saturated rings. The molecule has 2 amide bonds. The molecule has 9 nitrogen and oxygen atoms in total. The highest BCUT2D eigenvalue weighted by Gasteiger charge is 2.35. The number of aliphatic hydroxyl groups excluding tert-OH is 2. The Morgan fingerprint density at radius 1 is 1.20 bits per heavy atom. The largest absolute Gasteiger partial charge is 0.503 e. The van der Waals surface area contributed by atoms with Gasteiger partial charge in [-0.2, -0.15) is 0 Å². The number of nitrogens with zero attached hydrogens (tertiary/aromatic N) is 3. The second-order valence-electron chi connectivity index (χ2n) is 6.86. The van der Waals surface area contributed by atoms with Gasteiger partial charge in [0.15, 0.2) is 5.76 Å². The quantitative estimate of drug-likeness (QED) is 0.476. The molecule has 0 radical (unpaired) electrons. The first-order chi connectivity index (χ1) is 14.1. The zero-order chi connectivity index (χ0) is 22.4. The van der Waals surface area contributed by atoms with E-state index >= 15 is 0 Å². The standard InChI is InChI=1S/C19H23Cl2N3O6/c1-22(9-12-2-3-14(20)15(21)8-12)18(29)13-10-24(19(30)17(13)28)5-4-23(6-7-25)11-16(26)27/h2-3,8,25,28H,4-7,9-11H2,1H3,(H,26,27). The zero-order valence-corrected chi connectivity index (χ0v) is 17.9. The maximum Gasteiger partial charge on any atom is 0.317 e. The highest BCUT2D eigenvalue weighted by molar-refractivity contribution is 6.42. The van der Waals surface area contributed by atoms with E-state index in [2.05, 4.69) is 0 Å². The lowest BCUT2D eigenvalue weighted by atomic mass is 10.2. The Morgan fingerprint density at radius 2 is 1.90 bits per heavy atom. The number of aliphatic carboxylic acids is 1. The molecule has 0 spiro atoms. The van der Waals surface area contributed by atoms with E-state index < -0.39 is 23.5 Å². The minimum Gasteiger partial charge on any atom is -0.503 e. The maximum atomic E-state index is 12.7. The third-order valence-electron chi connectivity index (χ3n) is 4.59. The Balaban J connectivity index is 2.00. The van der Waals surface area contributed by atoms with Crippen LogP contribution in [0.4, 0.5) is 0 Å². The van der Waals surface area contributed by atoms with Crippen LogP contribution in [0.1, 0.15) is 5.56 Å². The molecule has 30 heavy (non-hydrogen) atoms. The van der Waals surface area contributed by atoms with Crippen LogP contribution < -0.4 is 0 Å². The molecule has 0 saturated carbocycles. The smallest absolute Gasteiger partial charge is 0.317 e. The monoisotopic (exact) mass is 459 g/mol. The number of likely N-dealkylation sites (N-methyl/N-ethyl adjacent to an activating group) is 1. The Kier molecular flexibility index (Phi) is 8.48. The average Bonchev–Trinajstić information content (AvgIpc) is 2.96. The topological polar surface area (TPSA) is 122 Å². The minimum atomic E-state index is -1.06. The van der Waals surface area contributed by atoms with Gasteiger partial charge in [-0.15, -0.1) is 0 Å². The fraction of sp³-hybridized carbons (Fsp3) is 0.421. The molecule has 1 aromatic rings. The molecule has 0 bridgehead atoms. The number of carboxylic acid groups (broad SMARTS) is 1. The molecular weight excluding hydrogens is 437 g/mol. The van der Waals surface area contributed by atoms with E-state index in [-0.39, 0.29) is 51.4 Å². The van der Waals surface area contributed by atoms with E-state index in [0.29, 0.717) is 10.0 Å². The minimum absolute atomic E-state index is 0.0329. The number of carboxylic acids is 1. The summed E-state index contributed by atoms with van der Waals surface area (Å²) in [5.41, 5.74) is 0.698. The van der Waals surface area contributed by atoms with Crippen molar-refractivity contribution in [2.75, 3.05) is 46.4 Å². The van der Waals surface area contributed by atoms with Crippen LogP contribution in [0.3, 0.4) is 0 Å². The number of amides is 2. The van der Waals surface area contributed by atoms with Crippen LogP contribution in [-0.2, 0) is 20.9 Å². The summed E-state index contributed by atoms with van der Waals surface area (Å²) in [7, 11) is 1.54. The van der Waals surface area contributed by atoms with Gasteiger partial charge in [-0.25, -0.2) is 0 Å². The van der Waals surface area contributed by atoms with Gasteiger partial charge in [0.05, 0.1) is 35.3 Å². The molecule has 11 heteroatoms. The van der Waals surface area contributed by atoms with Crippen LogP contribution in [0.25, 0.3) is 0 Å². The summed E-state index contributed by atoms with van der Waals surface area (Å²) in [5, 5.41) is 28.9. The van der Waals surface area contributed by atoms with Gasteiger partial charge in [0.25, 0.3) is 11.8 Å². The predicted octanol–water partition coefficient (Wildman–Crippen LogP) is 0.985. The van der Waals surface area contributed by atoms with E-state index in [9.17, 15) is 19.5 Å². The van der Waals surface area contributed by atoms with Crippen molar-refractivity contribution in [3.05, 3.63) is 45.1 Å². The van der Waals surface area contributed by atoms with Crippen LogP contribution >= 0.6 is 23.2 Å². The van der Waals surface area contributed by atoms with Crippen molar-refractivity contribution in [1.29, 1.82) is 0 Å². The number of rotatable bonds is 10. The lowest BCUT2D eigenvalue weighted by Gasteiger charge is -2.23. The number of halogens is 2. The first-order valence-corrected chi connectivity index (χ1v) is 9.85. The van der Waals surface area contributed by atoms with Gasteiger partial charge in [0.1, 0.15) is 0 Å². The first-order valence-electron chi connectivity index (χ1n) is 9.09. The molecule has 1 heterocycles. The van der Waals surface area contributed by atoms with Crippen molar-refractivity contribution in [1.82, 2.24) is 14.7 Å². The molecule has 0 atom stereocenters. The lowest BCUT2D eigenvalue weighted by Crippen LogP contribution is -2.40. The van der Waals surface area contributed by atoms with Gasteiger partial charge in [-0.3, -0.25) is 19.3 Å². The summed E-state index contributed by atoms with van der Waals surface area (Å²) in [6, 6.07) is 4.97. The van der Waals surface area contributed by atoms with E-state index in [1.54, 1.807) is 18.2 Å². The normalized spacial score (nSPS) is 14.0. The van der Waals surface area contributed by atoms with Gasteiger partial charge in [-0.05, 0) is 17.7 Å². The average molecular weight is 460 g/mol. The molecule has 0 unspecified atom stereocenters. The summed E-state index contributed by atoms with van der Waals surface area (Å²) in [6.07, 6.45) is 0. The molecular formula is C19H23Cl2N3O6. The van der Waals surface area contributed by atoms with E-state index in [0.717, 1.165) is 5.56 Å². The zero-order valence-electron chi connectivity index (χ0n) is 16.3. The molecule has 0 aromatic heterocycles. The van der Waals surface area contributed by atoms with Crippen molar-refractivity contribution < 1.29 is 29.7 Å². The van der Waals surface area contributed by atoms with Crippen molar-refractivity contribution in [2.45, 2.75) is 6.54 Å². The fourth-order valence-corrected chi connectivity index (χ4v) is 3.37. The Morgan fingerprint density at radius 3 is 2.50 bits per heavy atom. The second-order valence-corrected chi connectivity index (χ2v) is 7.67. The summed E-state index contributed by atoms with van der Waals surface area (Å²) in [4.78, 5) is 40.0. The van der Waals surface area contributed by atoms with Crippen molar-refractivity contribution in [3.8, 4) is 0 Å². The maximum absolute atomic E-state index is 12.7. The van der Waals surface area contributed by atoms with Gasteiger partial charge < -0.3 is 25.1 Å².